The van der Waals surface area contributed by atoms with Crippen LogP contribution in [0.1, 0.15) is 36.6 Å². The molecule has 0 fully saturated rings. The first-order valence-corrected chi connectivity index (χ1v) is 9.97. The molecule has 1 atom stereocenters. The summed E-state index contributed by atoms with van der Waals surface area (Å²) in [6.45, 7) is 5.00. The summed E-state index contributed by atoms with van der Waals surface area (Å²) in [4.78, 5) is 2.30. The third kappa shape index (κ3) is 6.04. The molecular weight excluding hydrogens is 351 g/mol. The molecule has 1 heterocycles. The van der Waals surface area contributed by atoms with E-state index in [1.165, 1.54) is 23.4 Å². The summed E-state index contributed by atoms with van der Waals surface area (Å²) in [6.07, 6.45) is 3.51. The van der Waals surface area contributed by atoms with E-state index in [-0.39, 0.29) is 11.9 Å². The van der Waals surface area contributed by atoms with E-state index in [4.69, 9.17) is 0 Å². The smallest absolute Gasteiger partial charge is 0.123 e. The van der Waals surface area contributed by atoms with Crippen molar-refractivity contribution < 1.29 is 9.50 Å². The van der Waals surface area contributed by atoms with Gasteiger partial charge < -0.3 is 9.67 Å². The largest absolute Gasteiger partial charge is 0.392 e. The Hall–Kier alpha value is -2.43. The summed E-state index contributed by atoms with van der Waals surface area (Å²) in [5, 5.41) is 10.4. The molecule has 0 aliphatic rings. The summed E-state index contributed by atoms with van der Waals surface area (Å²) in [5.41, 5.74) is 3.49. The maximum atomic E-state index is 13.2. The minimum Gasteiger partial charge on any atom is -0.392 e. The van der Waals surface area contributed by atoms with Crippen molar-refractivity contribution in [3.05, 3.63) is 95.6 Å². The zero-order valence-electron chi connectivity index (χ0n) is 16.5. The van der Waals surface area contributed by atoms with Gasteiger partial charge in [0.05, 0.1) is 6.10 Å². The van der Waals surface area contributed by atoms with E-state index in [2.05, 4.69) is 40.8 Å². The van der Waals surface area contributed by atoms with Crippen LogP contribution in [0.3, 0.4) is 0 Å². The molecule has 3 rings (SSSR count). The lowest BCUT2D eigenvalue weighted by atomic mass is 10.1. The van der Waals surface area contributed by atoms with Crippen LogP contribution in [0.2, 0.25) is 0 Å². The summed E-state index contributed by atoms with van der Waals surface area (Å²) in [5.74, 6) is -0.213. The number of halogens is 1. The van der Waals surface area contributed by atoms with Crippen LogP contribution in [0.4, 0.5) is 4.39 Å². The number of aliphatic hydroxyl groups is 1. The highest BCUT2D eigenvalue weighted by atomic mass is 19.1. The molecule has 0 amide bonds. The van der Waals surface area contributed by atoms with Crippen molar-refractivity contribution in [2.45, 2.75) is 45.5 Å². The van der Waals surface area contributed by atoms with Gasteiger partial charge in [-0.1, -0.05) is 55.8 Å². The molecule has 1 aromatic heterocycles. The molecule has 0 aliphatic carbocycles. The van der Waals surface area contributed by atoms with Crippen LogP contribution in [0, 0.1) is 5.82 Å². The highest BCUT2D eigenvalue weighted by Gasteiger charge is 2.14. The van der Waals surface area contributed by atoms with Gasteiger partial charge in [0, 0.05) is 38.1 Å². The first-order chi connectivity index (χ1) is 13.6. The van der Waals surface area contributed by atoms with Crippen molar-refractivity contribution in [3.8, 4) is 0 Å². The molecule has 0 saturated heterocycles. The number of aromatic nitrogens is 1. The zero-order valence-corrected chi connectivity index (χ0v) is 16.5. The first kappa shape index (κ1) is 20.3. The summed E-state index contributed by atoms with van der Waals surface area (Å²) >= 11 is 0. The molecule has 2 aromatic carbocycles. The monoisotopic (exact) mass is 380 g/mol. The quantitative estimate of drug-likeness (QED) is 0.545. The third-order valence-corrected chi connectivity index (χ3v) is 4.92. The Morgan fingerprint density at radius 2 is 1.68 bits per heavy atom. The standard InChI is InChI=1S/C24H29FN2O/c1-2-7-24(28)19-26(16-20-8-4-3-5-9-20)18-23-10-6-15-27(23)17-21-11-13-22(25)14-12-21/h3-6,8-15,24,28H,2,7,16-19H2,1H3. The molecule has 0 aliphatic heterocycles. The number of hydrogen-bond acceptors (Lipinski definition) is 2. The van der Waals surface area contributed by atoms with Crippen LogP contribution >= 0.6 is 0 Å². The average Bonchev–Trinajstić information content (AvgIpc) is 3.11. The molecule has 3 nitrogen and oxygen atoms in total. The van der Waals surface area contributed by atoms with Gasteiger partial charge in [-0.15, -0.1) is 0 Å². The lowest BCUT2D eigenvalue weighted by Crippen LogP contribution is -2.32. The molecule has 1 N–H and O–H groups in total. The zero-order chi connectivity index (χ0) is 19.8. The lowest BCUT2D eigenvalue weighted by molar-refractivity contribution is 0.0958. The van der Waals surface area contributed by atoms with Gasteiger partial charge in [-0.05, 0) is 41.8 Å². The van der Waals surface area contributed by atoms with Gasteiger partial charge in [-0.2, -0.15) is 0 Å². The van der Waals surface area contributed by atoms with Gasteiger partial charge in [0.15, 0.2) is 0 Å². The van der Waals surface area contributed by atoms with Crippen LogP contribution in [0.5, 0.6) is 0 Å². The summed E-state index contributed by atoms with van der Waals surface area (Å²) in [6, 6.07) is 21.2. The van der Waals surface area contributed by atoms with Gasteiger partial charge in [-0.3, -0.25) is 4.90 Å². The summed E-state index contributed by atoms with van der Waals surface area (Å²) in [7, 11) is 0. The van der Waals surface area contributed by atoms with Gasteiger partial charge >= 0.3 is 0 Å². The molecule has 4 heteroatoms. The average molecular weight is 381 g/mol. The minimum atomic E-state index is -0.325. The normalized spacial score (nSPS) is 12.4. The van der Waals surface area contributed by atoms with Crippen molar-refractivity contribution in [1.29, 1.82) is 0 Å². The minimum absolute atomic E-state index is 0.213. The Balaban J connectivity index is 1.72. The second-order valence-electron chi connectivity index (χ2n) is 7.35. The van der Waals surface area contributed by atoms with Gasteiger partial charge in [0.1, 0.15) is 5.82 Å². The third-order valence-electron chi connectivity index (χ3n) is 4.92. The van der Waals surface area contributed by atoms with E-state index in [1.54, 1.807) is 0 Å². The van der Waals surface area contributed by atoms with E-state index >= 15 is 0 Å². The van der Waals surface area contributed by atoms with Crippen molar-refractivity contribution in [3.63, 3.8) is 0 Å². The fourth-order valence-electron chi connectivity index (χ4n) is 3.51. The van der Waals surface area contributed by atoms with Crippen molar-refractivity contribution in [2.24, 2.45) is 0 Å². The lowest BCUT2D eigenvalue weighted by Gasteiger charge is -2.26. The van der Waals surface area contributed by atoms with Crippen LogP contribution in [0.15, 0.2) is 72.9 Å². The Morgan fingerprint density at radius 1 is 0.929 bits per heavy atom. The second-order valence-corrected chi connectivity index (χ2v) is 7.35. The van der Waals surface area contributed by atoms with Gasteiger partial charge in [0.25, 0.3) is 0 Å². The Kier molecular flexibility index (Phi) is 7.40. The maximum Gasteiger partial charge on any atom is 0.123 e. The molecule has 0 spiro atoms. The highest BCUT2D eigenvalue weighted by molar-refractivity contribution is 5.19. The molecule has 0 saturated carbocycles. The SMILES string of the molecule is CCCC(O)CN(Cc1ccccc1)Cc1cccn1Cc1ccc(F)cc1. The Bertz CT molecular complexity index is 829. The number of benzene rings is 2. The molecule has 1 unspecified atom stereocenters. The predicted octanol–water partition coefficient (Wildman–Crippen LogP) is 4.84. The topological polar surface area (TPSA) is 28.4 Å². The van der Waals surface area contributed by atoms with Crippen LogP contribution in [-0.4, -0.2) is 27.2 Å². The molecule has 0 bridgehead atoms. The molecule has 3 aromatic rings. The van der Waals surface area contributed by atoms with E-state index in [1.807, 2.05) is 36.4 Å². The number of rotatable bonds is 10. The second kappa shape index (κ2) is 10.2. The predicted molar refractivity (Wildman–Crippen MR) is 111 cm³/mol. The van der Waals surface area contributed by atoms with Crippen molar-refractivity contribution >= 4 is 0 Å². The molecule has 28 heavy (non-hydrogen) atoms. The number of aliphatic hydroxyl groups excluding tert-OH is 1. The Labute approximate surface area is 167 Å². The van der Waals surface area contributed by atoms with Crippen LogP contribution in [-0.2, 0) is 19.6 Å². The Morgan fingerprint density at radius 3 is 2.39 bits per heavy atom. The van der Waals surface area contributed by atoms with E-state index < -0.39 is 0 Å². The van der Waals surface area contributed by atoms with Gasteiger partial charge in [0.2, 0.25) is 0 Å². The summed E-state index contributed by atoms with van der Waals surface area (Å²) < 4.78 is 15.4. The van der Waals surface area contributed by atoms with E-state index in [0.29, 0.717) is 13.1 Å². The van der Waals surface area contributed by atoms with Crippen LogP contribution in [0.25, 0.3) is 0 Å². The van der Waals surface area contributed by atoms with E-state index in [0.717, 1.165) is 31.5 Å². The van der Waals surface area contributed by atoms with Crippen molar-refractivity contribution in [2.75, 3.05) is 6.54 Å². The molecular formula is C24H29FN2O. The highest BCUT2D eigenvalue weighted by Crippen LogP contribution is 2.15. The van der Waals surface area contributed by atoms with E-state index in [9.17, 15) is 9.50 Å². The maximum absolute atomic E-state index is 13.2. The fraction of sp³-hybridized carbons (Fsp3) is 0.333. The van der Waals surface area contributed by atoms with Crippen LogP contribution < -0.4 is 0 Å². The first-order valence-electron chi connectivity index (χ1n) is 9.97. The molecule has 148 valence electrons. The number of hydrogen-bond donors (Lipinski definition) is 1. The van der Waals surface area contributed by atoms with Crippen molar-refractivity contribution in [1.82, 2.24) is 9.47 Å². The number of nitrogens with zero attached hydrogens (tertiary/aromatic N) is 2. The van der Waals surface area contributed by atoms with Gasteiger partial charge in [-0.25, -0.2) is 4.39 Å². The molecule has 0 radical (unpaired) electrons. The fourth-order valence-corrected chi connectivity index (χ4v) is 3.51.